The van der Waals surface area contributed by atoms with Gasteiger partial charge in [0.05, 0.1) is 5.69 Å². The molecule has 0 saturated heterocycles. The average Bonchev–Trinajstić information content (AvgIpc) is 2.83. The molecule has 0 spiro atoms. The van der Waals surface area contributed by atoms with Crippen LogP contribution in [0.5, 0.6) is 0 Å². The number of pyridine rings is 2. The summed E-state index contributed by atoms with van der Waals surface area (Å²) >= 11 is 1.53. The molecule has 0 aromatic carbocycles. The molecular weight excluding hydrogens is 258 g/mol. The molecule has 0 saturated carbocycles. The standard InChI is InChI=1S/C13H13N5S/c1-9(14)11-6-5-10(8-15-11)19-13-17-16-12-4-2-3-7-18(12)13/h2-9H,14H2,1H3. The first-order chi connectivity index (χ1) is 9.24. The van der Waals surface area contributed by atoms with Crippen molar-refractivity contribution in [1.82, 2.24) is 19.6 Å². The summed E-state index contributed by atoms with van der Waals surface area (Å²) in [4.78, 5) is 5.35. The van der Waals surface area contributed by atoms with Gasteiger partial charge >= 0.3 is 0 Å². The number of hydrogen-bond donors (Lipinski definition) is 1. The van der Waals surface area contributed by atoms with Gasteiger partial charge in [0.15, 0.2) is 10.8 Å². The van der Waals surface area contributed by atoms with E-state index in [1.807, 2.05) is 54.0 Å². The van der Waals surface area contributed by atoms with E-state index in [9.17, 15) is 0 Å². The minimum Gasteiger partial charge on any atom is -0.323 e. The first-order valence-electron chi connectivity index (χ1n) is 5.93. The summed E-state index contributed by atoms with van der Waals surface area (Å²) in [5.41, 5.74) is 7.50. The molecule has 1 unspecified atom stereocenters. The van der Waals surface area contributed by atoms with Crippen LogP contribution in [0.4, 0.5) is 0 Å². The van der Waals surface area contributed by atoms with E-state index >= 15 is 0 Å². The minimum absolute atomic E-state index is 0.0482. The highest BCUT2D eigenvalue weighted by atomic mass is 32.2. The maximum Gasteiger partial charge on any atom is 0.200 e. The lowest BCUT2D eigenvalue weighted by Crippen LogP contribution is -2.06. The van der Waals surface area contributed by atoms with E-state index in [1.165, 1.54) is 11.8 Å². The van der Waals surface area contributed by atoms with E-state index in [2.05, 4.69) is 15.2 Å². The zero-order valence-corrected chi connectivity index (χ0v) is 11.2. The summed E-state index contributed by atoms with van der Waals surface area (Å²) in [6.07, 6.45) is 3.76. The van der Waals surface area contributed by atoms with Gasteiger partial charge in [-0.1, -0.05) is 6.07 Å². The third-order valence-electron chi connectivity index (χ3n) is 2.72. The van der Waals surface area contributed by atoms with Crippen LogP contribution in [0.2, 0.25) is 0 Å². The third-order valence-corrected chi connectivity index (χ3v) is 3.66. The summed E-state index contributed by atoms with van der Waals surface area (Å²) in [5.74, 6) is 0. The zero-order valence-electron chi connectivity index (χ0n) is 10.4. The Balaban J connectivity index is 1.88. The molecule has 0 radical (unpaired) electrons. The van der Waals surface area contributed by atoms with Crippen LogP contribution in [0, 0.1) is 0 Å². The van der Waals surface area contributed by atoms with E-state index in [0.29, 0.717) is 0 Å². The molecule has 3 aromatic rings. The lowest BCUT2D eigenvalue weighted by atomic mass is 10.2. The summed E-state index contributed by atoms with van der Waals surface area (Å²) in [5, 5.41) is 9.11. The van der Waals surface area contributed by atoms with Crippen LogP contribution < -0.4 is 5.73 Å². The topological polar surface area (TPSA) is 69.1 Å². The van der Waals surface area contributed by atoms with Gasteiger partial charge in [0.1, 0.15) is 0 Å². The molecule has 0 aliphatic carbocycles. The van der Waals surface area contributed by atoms with Crippen molar-refractivity contribution in [2.75, 3.05) is 0 Å². The highest BCUT2D eigenvalue weighted by Crippen LogP contribution is 2.26. The number of nitrogens with two attached hydrogens (primary N) is 1. The maximum absolute atomic E-state index is 5.78. The van der Waals surface area contributed by atoms with Crippen LogP contribution in [0.3, 0.4) is 0 Å². The van der Waals surface area contributed by atoms with Crippen molar-refractivity contribution in [1.29, 1.82) is 0 Å². The number of aromatic nitrogens is 4. The van der Waals surface area contributed by atoms with Crippen molar-refractivity contribution in [3.05, 3.63) is 48.4 Å². The van der Waals surface area contributed by atoms with Crippen LogP contribution in [0.25, 0.3) is 5.65 Å². The Bertz CT molecular complexity index is 690. The van der Waals surface area contributed by atoms with Gasteiger partial charge in [0.25, 0.3) is 0 Å². The fraction of sp³-hybridized carbons (Fsp3) is 0.154. The van der Waals surface area contributed by atoms with Crippen molar-refractivity contribution in [3.63, 3.8) is 0 Å². The van der Waals surface area contributed by atoms with Gasteiger partial charge in [-0.2, -0.15) is 0 Å². The zero-order chi connectivity index (χ0) is 13.2. The molecule has 1 atom stereocenters. The summed E-state index contributed by atoms with van der Waals surface area (Å²) < 4.78 is 1.95. The van der Waals surface area contributed by atoms with Gasteiger partial charge in [-0.25, -0.2) is 0 Å². The van der Waals surface area contributed by atoms with Crippen molar-refractivity contribution in [2.24, 2.45) is 5.73 Å². The number of rotatable bonds is 3. The van der Waals surface area contributed by atoms with Gasteiger partial charge in [0.2, 0.25) is 0 Å². The van der Waals surface area contributed by atoms with Gasteiger partial charge in [-0.3, -0.25) is 9.38 Å². The molecule has 0 bridgehead atoms. The van der Waals surface area contributed by atoms with Crippen LogP contribution in [-0.2, 0) is 0 Å². The lowest BCUT2D eigenvalue weighted by molar-refractivity contribution is 0.777. The van der Waals surface area contributed by atoms with Crippen LogP contribution in [0.15, 0.2) is 52.8 Å². The maximum atomic E-state index is 5.78. The normalized spacial score (nSPS) is 12.7. The van der Waals surface area contributed by atoms with E-state index in [4.69, 9.17) is 5.73 Å². The molecular formula is C13H13N5S. The van der Waals surface area contributed by atoms with Gasteiger partial charge in [-0.15, -0.1) is 10.2 Å². The molecule has 0 aliphatic heterocycles. The fourth-order valence-electron chi connectivity index (χ4n) is 1.72. The number of nitrogens with zero attached hydrogens (tertiary/aromatic N) is 4. The number of hydrogen-bond acceptors (Lipinski definition) is 5. The fourth-order valence-corrected chi connectivity index (χ4v) is 2.50. The molecule has 0 fully saturated rings. The van der Waals surface area contributed by atoms with Crippen LogP contribution in [-0.4, -0.2) is 19.6 Å². The van der Waals surface area contributed by atoms with E-state index in [0.717, 1.165) is 21.4 Å². The Kier molecular flexibility index (Phi) is 3.18. The van der Waals surface area contributed by atoms with E-state index in [-0.39, 0.29) is 6.04 Å². The monoisotopic (exact) mass is 271 g/mol. The van der Waals surface area contributed by atoms with Crippen molar-refractivity contribution in [2.45, 2.75) is 23.0 Å². The second-order valence-electron chi connectivity index (χ2n) is 4.22. The second-order valence-corrected chi connectivity index (χ2v) is 5.26. The molecule has 3 heterocycles. The van der Waals surface area contributed by atoms with Crippen LogP contribution in [0.1, 0.15) is 18.7 Å². The highest BCUT2D eigenvalue weighted by Gasteiger charge is 2.07. The molecule has 2 N–H and O–H groups in total. The Hall–Kier alpha value is -1.92. The SMILES string of the molecule is CC(N)c1ccc(Sc2nnc3ccccn23)cn1. The number of fused-ring (bicyclic) bond motifs is 1. The smallest absolute Gasteiger partial charge is 0.200 e. The molecule has 0 aliphatic rings. The van der Waals surface area contributed by atoms with Crippen molar-refractivity contribution in [3.8, 4) is 0 Å². The summed E-state index contributed by atoms with van der Waals surface area (Å²) in [6, 6.07) is 9.72. The molecule has 6 heteroatoms. The van der Waals surface area contributed by atoms with E-state index in [1.54, 1.807) is 0 Å². The third kappa shape index (κ3) is 2.45. The first-order valence-corrected chi connectivity index (χ1v) is 6.75. The van der Waals surface area contributed by atoms with E-state index < -0.39 is 0 Å². The Morgan fingerprint density at radius 2 is 2.11 bits per heavy atom. The first kappa shape index (κ1) is 12.1. The summed E-state index contributed by atoms with van der Waals surface area (Å²) in [6.45, 7) is 1.92. The Labute approximate surface area is 114 Å². The van der Waals surface area contributed by atoms with Gasteiger partial charge < -0.3 is 5.73 Å². The van der Waals surface area contributed by atoms with Gasteiger partial charge in [0, 0.05) is 23.3 Å². The molecule has 3 rings (SSSR count). The average molecular weight is 271 g/mol. The van der Waals surface area contributed by atoms with Crippen LogP contribution >= 0.6 is 11.8 Å². The summed E-state index contributed by atoms with van der Waals surface area (Å²) in [7, 11) is 0. The highest BCUT2D eigenvalue weighted by molar-refractivity contribution is 7.99. The molecule has 5 nitrogen and oxygen atoms in total. The molecule has 0 amide bonds. The molecule has 96 valence electrons. The van der Waals surface area contributed by atoms with Crippen molar-refractivity contribution < 1.29 is 0 Å². The Morgan fingerprint density at radius 1 is 1.21 bits per heavy atom. The largest absolute Gasteiger partial charge is 0.323 e. The molecule has 19 heavy (non-hydrogen) atoms. The Morgan fingerprint density at radius 3 is 2.84 bits per heavy atom. The molecule has 3 aromatic heterocycles. The minimum atomic E-state index is -0.0482. The lowest BCUT2D eigenvalue weighted by Gasteiger charge is -2.05. The predicted octanol–water partition coefficient (Wildman–Crippen LogP) is 2.30. The van der Waals surface area contributed by atoms with Gasteiger partial charge in [-0.05, 0) is 43.0 Å². The quantitative estimate of drug-likeness (QED) is 0.791. The van der Waals surface area contributed by atoms with Crippen molar-refractivity contribution >= 4 is 17.4 Å². The predicted molar refractivity (Wildman–Crippen MR) is 73.9 cm³/mol. The second kappa shape index (κ2) is 4.99.